The molecular formula is C18H16FN7O2. The van der Waals surface area contributed by atoms with Crippen LogP contribution in [-0.2, 0) is 4.74 Å². The van der Waals surface area contributed by atoms with Crippen LogP contribution in [-0.4, -0.2) is 51.6 Å². The van der Waals surface area contributed by atoms with E-state index in [1.807, 2.05) is 11.0 Å². The van der Waals surface area contributed by atoms with Gasteiger partial charge in [0.15, 0.2) is 5.82 Å². The molecule has 1 aliphatic rings. The van der Waals surface area contributed by atoms with Crippen LogP contribution in [0.3, 0.4) is 0 Å². The third-order valence-corrected chi connectivity index (χ3v) is 4.52. The van der Waals surface area contributed by atoms with E-state index in [1.165, 1.54) is 12.3 Å². The number of fused-ring (bicyclic) bond motifs is 1. The molecule has 2 N–H and O–H groups in total. The maximum Gasteiger partial charge on any atom is 0.204 e. The Kier molecular flexibility index (Phi) is 4.09. The minimum Gasteiger partial charge on any atom is -0.378 e. The van der Waals surface area contributed by atoms with Crippen molar-refractivity contribution in [1.29, 1.82) is 0 Å². The fourth-order valence-electron chi connectivity index (χ4n) is 3.15. The van der Waals surface area contributed by atoms with Gasteiger partial charge in [-0.1, -0.05) is 5.16 Å². The summed E-state index contributed by atoms with van der Waals surface area (Å²) in [5, 5.41) is 13.7. The normalized spacial score (nSPS) is 14.5. The second kappa shape index (κ2) is 6.89. The highest BCUT2D eigenvalue weighted by atomic mass is 19.1. The summed E-state index contributed by atoms with van der Waals surface area (Å²) < 4.78 is 25.2. The van der Waals surface area contributed by atoms with Crippen LogP contribution < -0.4 is 10.2 Å². The molecule has 0 amide bonds. The fourth-order valence-corrected chi connectivity index (χ4v) is 3.15. The number of morpholine rings is 1. The van der Waals surface area contributed by atoms with E-state index in [2.05, 4.69) is 30.6 Å². The first-order chi connectivity index (χ1) is 13.8. The van der Waals surface area contributed by atoms with Gasteiger partial charge in [0, 0.05) is 24.8 Å². The molecule has 9 nitrogen and oxygen atoms in total. The Bertz CT molecular complexity index is 1110. The minimum atomic E-state index is -0.308. The molecular weight excluding hydrogens is 365 g/mol. The number of benzene rings is 1. The average Bonchev–Trinajstić information content (AvgIpc) is 3.41. The Balaban J connectivity index is 1.48. The number of nitrogens with one attached hydrogen (secondary N) is 2. The van der Waals surface area contributed by atoms with Gasteiger partial charge in [-0.25, -0.2) is 14.4 Å². The topological polar surface area (TPSA) is 105 Å². The maximum absolute atomic E-state index is 14.7. The van der Waals surface area contributed by atoms with Crippen molar-refractivity contribution in [1.82, 2.24) is 25.3 Å². The lowest BCUT2D eigenvalue weighted by Crippen LogP contribution is -2.36. The summed E-state index contributed by atoms with van der Waals surface area (Å²) in [6.07, 6.45) is 3.11. The maximum atomic E-state index is 14.7. The molecule has 4 heterocycles. The minimum absolute atomic E-state index is 0.308. The number of nitrogens with zero attached hydrogens (tertiary/aromatic N) is 5. The van der Waals surface area contributed by atoms with E-state index in [1.54, 1.807) is 18.3 Å². The number of aromatic amines is 1. The Labute approximate surface area is 158 Å². The molecule has 0 radical (unpaired) electrons. The molecule has 0 atom stereocenters. The summed E-state index contributed by atoms with van der Waals surface area (Å²) in [6.45, 7) is 2.54. The Hall–Kier alpha value is -3.53. The van der Waals surface area contributed by atoms with Gasteiger partial charge in [-0.15, -0.1) is 0 Å². The number of aromatic nitrogens is 5. The summed E-state index contributed by atoms with van der Waals surface area (Å²) in [6, 6.07) is 6.68. The second-order valence-corrected chi connectivity index (χ2v) is 6.29. The molecule has 0 saturated carbocycles. The van der Waals surface area contributed by atoms with Crippen molar-refractivity contribution < 1.29 is 13.7 Å². The molecule has 1 aromatic carbocycles. The van der Waals surface area contributed by atoms with E-state index in [0.717, 1.165) is 0 Å². The molecule has 28 heavy (non-hydrogen) atoms. The van der Waals surface area contributed by atoms with E-state index < -0.39 is 0 Å². The van der Waals surface area contributed by atoms with Crippen LogP contribution in [0.2, 0.25) is 0 Å². The number of rotatable bonds is 4. The van der Waals surface area contributed by atoms with Gasteiger partial charge in [-0.3, -0.25) is 5.10 Å². The van der Waals surface area contributed by atoms with Crippen molar-refractivity contribution in [2.75, 3.05) is 36.5 Å². The van der Waals surface area contributed by atoms with Crippen molar-refractivity contribution in [2.24, 2.45) is 0 Å². The summed E-state index contributed by atoms with van der Waals surface area (Å²) in [5.74, 6) is 0.948. The van der Waals surface area contributed by atoms with Crippen molar-refractivity contribution in [2.45, 2.75) is 0 Å². The Morgan fingerprint density at radius 2 is 2.04 bits per heavy atom. The monoisotopic (exact) mass is 381 g/mol. The number of H-pyrrole nitrogens is 1. The van der Waals surface area contributed by atoms with Gasteiger partial charge in [0.25, 0.3) is 0 Å². The van der Waals surface area contributed by atoms with Crippen LogP contribution >= 0.6 is 0 Å². The van der Waals surface area contributed by atoms with Crippen molar-refractivity contribution in [3.8, 4) is 11.6 Å². The predicted molar refractivity (Wildman–Crippen MR) is 99.9 cm³/mol. The largest absolute Gasteiger partial charge is 0.378 e. The quantitative estimate of drug-likeness (QED) is 0.556. The van der Waals surface area contributed by atoms with Crippen LogP contribution in [0.25, 0.3) is 22.6 Å². The second-order valence-electron chi connectivity index (χ2n) is 6.29. The van der Waals surface area contributed by atoms with E-state index in [-0.39, 0.29) is 5.82 Å². The molecule has 1 saturated heterocycles. The lowest BCUT2D eigenvalue weighted by molar-refractivity contribution is 0.122. The fraction of sp³-hybridized carbons (Fsp3) is 0.222. The first-order valence-electron chi connectivity index (χ1n) is 8.79. The zero-order valence-electron chi connectivity index (χ0n) is 14.7. The molecule has 0 bridgehead atoms. The number of halogens is 1. The van der Waals surface area contributed by atoms with Gasteiger partial charge >= 0.3 is 0 Å². The van der Waals surface area contributed by atoms with Gasteiger partial charge in [-0.05, 0) is 18.2 Å². The molecule has 142 valence electrons. The number of ether oxygens (including phenoxy) is 1. The predicted octanol–water partition coefficient (Wildman–Crippen LogP) is 2.73. The molecule has 3 aromatic heterocycles. The van der Waals surface area contributed by atoms with E-state index in [4.69, 9.17) is 9.26 Å². The van der Waals surface area contributed by atoms with Crippen LogP contribution in [0, 0.1) is 5.82 Å². The van der Waals surface area contributed by atoms with Crippen molar-refractivity contribution in [3.63, 3.8) is 0 Å². The standard InChI is InChI=1S/C18H16FN7O2/c19-12-9-11(1-2-14(12)26-5-7-27-8-6-26)22-18-16-13(10-20-25-16)23-17(24-18)15-3-4-21-28-15/h1-4,9-10H,5-8H2,(H,20,25)(H,22,23,24). The molecule has 0 aliphatic carbocycles. The Morgan fingerprint density at radius 1 is 1.14 bits per heavy atom. The smallest absolute Gasteiger partial charge is 0.204 e. The number of anilines is 3. The van der Waals surface area contributed by atoms with E-state index in [9.17, 15) is 4.39 Å². The highest BCUT2D eigenvalue weighted by molar-refractivity contribution is 5.88. The van der Waals surface area contributed by atoms with E-state index in [0.29, 0.717) is 66.1 Å². The van der Waals surface area contributed by atoms with Gasteiger partial charge in [0.2, 0.25) is 11.6 Å². The van der Waals surface area contributed by atoms with Gasteiger partial charge in [0.1, 0.15) is 16.9 Å². The van der Waals surface area contributed by atoms with Crippen molar-refractivity contribution >= 4 is 28.2 Å². The molecule has 5 rings (SSSR count). The molecule has 10 heteroatoms. The highest BCUT2D eigenvalue weighted by Gasteiger charge is 2.17. The summed E-state index contributed by atoms with van der Waals surface area (Å²) in [4.78, 5) is 10.9. The van der Waals surface area contributed by atoms with Crippen LogP contribution in [0.1, 0.15) is 0 Å². The van der Waals surface area contributed by atoms with Crippen LogP contribution in [0.5, 0.6) is 0 Å². The lowest BCUT2D eigenvalue weighted by Gasteiger charge is -2.29. The molecule has 1 aliphatic heterocycles. The van der Waals surface area contributed by atoms with Gasteiger partial charge < -0.3 is 19.5 Å². The summed E-state index contributed by atoms with van der Waals surface area (Å²) in [5.41, 5.74) is 2.34. The lowest BCUT2D eigenvalue weighted by atomic mass is 10.2. The average molecular weight is 381 g/mol. The van der Waals surface area contributed by atoms with E-state index >= 15 is 0 Å². The Morgan fingerprint density at radius 3 is 2.82 bits per heavy atom. The number of hydrogen-bond acceptors (Lipinski definition) is 8. The van der Waals surface area contributed by atoms with Gasteiger partial charge in [0.05, 0.1) is 31.3 Å². The molecule has 4 aromatic rings. The highest BCUT2D eigenvalue weighted by Crippen LogP contribution is 2.28. The van der Waals surface area contributed by atoms with Gasteiger partial charge in [-0.2, -0.15) is 5.10 Å². The number of hydrogen-bond donors (Lipinski definition) is 2. The van der Waals surface area contributed by atoms with Crippen LogP contribution in [0.15, 0.2) is 41.2 Å². The van der Waals surface area contributed by atoms with Crippen LogP contribution in [0.4, 0.5) is 21.6 Å². The SMILES string of the molecule is Fc1cc(Nc2nc(-c3ccno3)nc3cn[nH]c23)ccc1N1CCOCC1. The zero-order valence-corrected chi connectivity index (χ0v) is 14.7. The third kappa shape index (κ3) is 3.03. The summed E-state index contributed by atoms with van der Waals surface area (Å²) in [7, 11) is 0. The first-order valence-corrected chi connectivity index (χ1v) is 8.79. The summed E-state index contributed by atoms with van der Waals surface area (Å²) >= 11 is 0. The zero-order chi connectivity index (χ0) is 18.9. The third-order valence-electron chi connectivity index (χ3n) is 4.52. The molecule has 0 spiro atoms. The first kappa shape index (κ1) is 16.6. The van der Waals surface area contributed by atoms with Crippen molar-refractivity contribution in [3.05, 3.63) is 42.5 Å². The molecule has 0 unspecified atom stereocenters. The molecule has 1 fully saturated rings.